The van der Waals surface area contributed by atoms with E-state index in [4.69, 9.17) is 4.74 Å². The van der Waals surface area contributed by atoms with E-state index in [1.54, 1.807) is 0 Å². The van der Waals surface area contributed by atoms with Crippen molar-refractivity contribution in [1.82, 2.24) is 0 Å². The minimum Gasteiger partial charge on any atom is -0.485 e. The second kappa shape index (κ2) is 4.02. The predicted molar refractivity (Wildman–Crippen MR) is 69.6 cm³/mol. The van der Waals surface area contributed by atoms with E-state index in [1.165, 1.54) is 11.1 Å². The van der Waals surface area contributed by atoms with Gasteiger partial charge in [-0.25, -0.2) is 0 Å². The molecular weight excluding hydrogens is 212 g/mol. The van der Waals surface area contributed by atoms with Crippen molar-refractivity contribution >= 4 is 0 Å². The molecule has 0 atom stereocenters. The smallest absolute Gasteiger partial charge is 0.132 e. The van der Waals surface area contributed by atoms with Gasteiger partial charge in [0, 0.05) is 0 Å². The Bertz CT molecular complexity index is 411. The lowest BCUT2D eigenvalue weighted by Gasteiger charge is -2.26. The second-order valence-electron chi connectivity index (χ2n) is 6.19. The Labute approximate surface area is 104 Å². The first-order valence-electron chi connectivity index (χ1n) is 6.27. The summed E-state index contributed by atoms with van der Waals surface area (Å²) in [5, 5.41) is 9.36. The molecule has 94 valence electrons. The molecule has 1 aromatic carbocycles. The van der Waals surface area contributed by atoms with Gasteiger partial charge in [-0.15, -0.1) is 0 Å². The van der Waals surface area contributed by atoms with E-state index in [-0.39, 0.29) is 17.6 Å². The van der Waals surface area contributed by atoms with Crippen LogP contribution in [0.5, 0.6) is 5.75 Å². The summed E-state index contributed by atoms with van der Waals surface area (Å²) in [5.74, 6) is 0.934. The summed E-state index contributed by atoms with van der Waals surface area (Å²) in [4.78, 5) is 0. The first kappa shape index (κ1) is 12.4. The largest absolute Gasteiger partial charge is 0.485 e. The third-order valence-corrected chi connectivity index (χ3v) is 3.37. The van der Waals surface area contributed by atoms with Gasteiger partial charge in [-0.1, -0.05) is 32.9 Å². The predicted octanol–water partition coefficient (Wildman–Crippen LogP) is 3.20. The first-order chi connectivity index (χ1) is 7.86. The Hall–Kier alpha value is -1.02. The minimum absolute atomic E-state index is 0.0641. The van der Waals surface area contributed by atoms with E-state index in [0.29, 0.717) is 0 Å². The van der Waals surface area contributed by atoms with Crippen molar-refractivity contribution in [2.24, 2.45) is 0 Å². The quantitative estimate of drug-likeness (QED) is 0.870. The van der Waals surface area contributed by atoms with Gasteiger partial charge in [-0.05, 0) is 42.4 Å². The van der Waals surface area contributed by atoms with Gasteiger partial charge in [0.05, 0.1) is 6.61 Å². The van der Waals surface area contributed by atoms with Gasteiger partial charge in [-0.3, -0.25) is 0 Å². The van der Waals surface area contributed by atoms with Gasteiger partial charge in [0.15, 0.2) is 0 Å². The van der Waals surface area contributed by atoms with Crippen molar-refractivity contribution in [2.45, 2.75) is 51.6 Å². The Morgan fingerprint density at radius 1 is 1.29 bits per heavy atom. The van der Waals surface area contributed by atoms with Crippen molar-refractivity contribution in [3.63, 3.8) is 0 Å². The van der Waals surface area contributed by atoms with Crippen LogP contribution in [-0.2, 0) is 5.41 Å². The molecule has 1 aliphatic carbocycles. The molecule has 1 saturated carbocycles. The summed E-state index contributed by atoms with van der Waals surface area (Å²) in [5.41, 5.74) is 2.17. The maximum atomic E-state index is 9.36. The van der Waals surface area contributed by atoms with E-state index in [2.05, 4.69) is 45.9 Å². The third kappa shape index (κ3) is 2.63. The molecule has 0 aromatic heterocycles. The fourth-order valence-electron chi connectivity index (χ4n) is 2.00. The van der Waals surface area contributed by atoms with Gasteiger partial charge in [0.25, 0.3) is 0 Å². The van der Waals surface area contributed by atoms with Crippen molar-refractivity contribution in [3.05, 3.63) is 29.3 Å². The SMILES string of the molecule is Cc1ccc(C(C)(C)C)c(OC2(CO)CC2)c1. The molecule has 0 spiro atoms. The number of rotatable bonds is 3. The lowest BCUT2D eigenvalue weighted by atomic mass is 9.86. The van der Waals surface area contributed by atoms with Crippen molar-refractivity contribution in [3.8, 4) is 5.75 Å². The number of aryl methyl sites for hydroxylation is 1. The Morgan fingerprint density at radius 2 is 1.94 bits per heavy atom. The summed E-state index contributed by atoms with van der Waals surface area (Å²) in [7, 11) is 0. The van der Waals surface area contributed by atoms with Gasteiger partial charge in [0.1, 0.15) is 11.4 Å². The summed E-state index contributed by atoms with van der Waals surface area (Å²) in [6.45, 7) is 8.73. The standard InChI is InChI=1S/C15H22O2/c1-11-5-6-12(14(2,3)4)13(9-11)17-15(10-16)7-8-15/h5-6,9,16H,7-8,10H2,1-4H3. The average Bonchev–Trinajstić information content (AvgIpc) is 2.96. The molecule has 2 nitrogen and oxygen atoms in total. The van der Waals surface area contributed by atoms with Gasteiger partial charge in [0.2, 0.25) is 0 Å². The van der Waals surface area contributed by atoms with E-state index < -0.39 is 0 Å². The van der Waals surface area contributed by atoms with Gasteiger partial charge >= 0.3 is 0 Å². The zero-order valence-corrected chi connectivity index (χ0v) is 11.2. The maximum absolute atomic E-state index is 9.36. The van der Waals surface area contributed by atoms with Crippen molar-refractivity contribution < 1.29 is 9.84 Å². The van der Waals surface area contributed by atoms with Crippen LogP contribution in [0, 0.1) is 6.92 Å². The van der Waals surface area contributed by atoms with Crippen LogP contribution in [0.15, 0.2) is 18.2 Å². The van der Waals surface area contributed by atoms with E-state index in [1.807, 2.05) is 0 Å². The molecular formula is C15H22O2. The molecule has 1 aliphatic rings. The average molecular weight is 234 g/mol. The number of ether oxygens (including phenoxy) is 1. The van der Waals surface area contributed by atoms with Crippen LogP contribution in [0.2, 0.25) is 0 Å². The number of aliphatic hydroxyl groups is 1. The first-order valence-corrected chi connectivity index (χ1v) is 6.27. The topological polar surface area (TPSA) is 29.5 Å². The highest BCUT2D eigenvalue weighted by atomic mass is 16.5. The van der Waals surface area contributed by atoms with Crippen LogP contribution < -0.4 is 4.74 Å². The van der Waals surface area contributed by atoms with Crippen LogP contribution in [0.25, 0.3) is 0 Å². The second-order valence-corrected chi connectivity index (χ2v) is 6.19. The van der Waals surface area contributed by atoms with Crippen LogP contribution in [-0.4, -0.2) is 17.3 Å². The molecule has 1 aromatic rings. The molecule has 0 unspecified atom stereocenters. The van der Waals surface area contributed by atoms with Crippen molar-refractivity contribution in [2.75, 3.05) is 6.61 Å². The van der Waals surface area contributed by atoms with E-state index >= 15 is 0 Å². The monoisotopic (exact) mass is 234 g/mol. The maximum Gasteiger partial charge on any atom is 0.132 e. The molecule has 0 heterocycles. The molecule has 0 saturated heterocycles. The summed E-state index contributed by atoms with van der Waals surface area (Å²) < 4.78 is 6.05. The zero-order valence-electron chi connectivity index (χ0n) is 11.2. The Morgan fingerprint density at radius 3 is 2.41 bits per heavy atom. The highest BCUT2D eigenvalue weighted by Crippen LogP contribution is 2.42. The highest BCUT2D eigenvalue weighted by Gasteiger charge is 2.45. The van der Waals surface area contributed by atoms with Gasteiger partial charge in [-0.2, -0.15) is 0 Å². The number of hydrogen-bond acceptors (Lipinski definition) is 2. The zero-order chi connectivity index (χ0) is 12.7. The third-order valence-electron chi connectivity index (χ3n) is 3.37. The molecule has 2 rings (SSSR count). The summed E-state index contributed by atoms with van der Waals surface area (Å²) >= 11 is 0. The summed E-state index contributed by atoms with van der Waals surface area (Å²) in [6, 6.07) is 6.33. The molecule has 0 amide bonds. The fraction of sp³-hybridized carbons (Fsp3) is 0.600. The van der Waals surface area contributed by atoms with E-state index in [0.717, 1.165) is 18.6 Å². The molecule has 0 aliphatic heterocycles. The Balaban J connectivity index is 2.34. The summed E-state index contributed by atoms with van der Waals surface area (Å²) in [6.07, 6.45) is 1.92. The normalized spacial score (nSPS) is 17.9. The number of hydrogen-bond donors (Lipinski definition) is 1. The van der Waals surface area contributed by atoms with Crippen LogP contribution >= 0.6 is 0 Å². The lowest BCUT2D eigenvalue weighted by Crippen LogP contribution is -2.25. The number of aliphatic hydroxyl groups excluding tert-OH is 1. The highest BCUT2D eigenvalue weighted by molar-refractivity contribution is 5.42. The molecule has 0 radical (unpaired) electrons. The van der Waals surface area contributed by atoms with Gasteiger partial charge < -0.3 is 9.84 Å². The fourth-order valence-corrected chi connectivity index (χ4v) is 2.00. The van der Waals surface area contributed by atoms with Crippen LogP contribution in [0.3, 0.4) is 0 Å². The molecule has 1 fully saturated rings. The van der Waals surface area contributed by atoms with Crippen molar-refractivity contribution in [1.29, 1.82) is 0 Å². The van der Waals surface area contributed by atoms with Crippen LogP contribution in [0.4, 0.5) is 0 Å². The molecule has 0 bridgehead atoms. The minimum atomic E-state index is -0.298. The van der Waals surface area contributed by atoms with E-state index in [9.17, 15) is 5.11 Å². The molecule has 2 heteroatoms. The van der Waals surface area contributed by atoms with Crippen LogP contribution in [0.1, 0.15) is 44.7 Å². The Kier molecular flexibility index (Phi) is 2.94. The number of benzene rings is 1. The lowest BCUT2D eigenvalue weighted by molar-refractivity contribution is 0.0934. The molecule has 17 heavy (non-hydrogen) atoms. The molecule has 1 N–H and O–H groups in total.